The molecular weight excluding hydrogens is 253 g/mol. The predicted molar refractivity (Wildman–Crippen MR) is 70.1 cm³/mol. The standard InChI is InChI=1S/C13H15ClFN3/c1-16-12(6-9-7-17-18(2)8-9)10-4-3-5-11(14)13(10)15/h3-5,7-8,12,16H,6H2,1-2H3. The Bertz CT molecular complexity index is 539. The molecular formula is C13H15ClFN3. The van der Waals surface area contributed by atoms with Crippen LogP contribution in [0, 0.1) is 5.82 Å². The average Bonchev–Trinajstić information content (AvgIpc) is 2.76. The third-order valence-corrected chi connectivity index (χ3v) is 3.20. The zero-order valence-electron chi connectivity index (χ0n) is 10.3. The lowest BCUT2D eigenvalue weighted by molar-refractivity contribution is 0.534. The summed E-state index contributed by atoms with van der Waals surface area (Å²) in [6.45, 7) is 0. The molecule has 0 amide bonds. The zero-order chi connectivity index (χ0) is 13.1. The first-order valence-electron chi connectivity index (χ1n) is 5.70. The van der Waals surface area contributed by atoms with Crippen molar-refractivity contribution in [3.05, 3.63) is 52.6 Å². The minimum Gasteiger partial charge on any atom is -0.313 e. The summed E-state index contributed by atoms with van der Waals surface area (Å²) in [4.78, 5) is 0. The van der Waals surface area contributed by atoms with Crippen molar-refractivity contribution in [1.29, 1.82) is 0 Å². The van der Waals surface area contributed by atoms with Crippen LogP contribution in [0.5, 0.6) is 0 Å². The first-order valence-corrected chi connectivity index (χ1v) is 6.08. The molecule has 0 bridgehead atoms. The molecule has 1 N–H and O–H groups in total. The van der Waals surface area contributed by atoms with E-state index in [9.17, 15) is 4.39 Å². The fourth-order valence-corrected chi connectivity index (χ4v) is 2.15. The van der Waals surface area contributed by atoms with Gasteiger partial charge in [-0.15, -0.1) is 0 Å². The second-order valence-corrected chi connectivity index (χ2v) is 4.62. The molecule has 3 nitrogen and oxygen atoms in total. The number of aromatic nitrogens is 2. The van der Waals surface area contributed by atoms with Crippen molar-refractivity contribution in [2.75, 3.05) is 7.05 Å². The maximum atomic E-state index is 14.0. The molecule has 0 aliphatic heterocycles. The normalized spacial score (nSPS) is 12.7. The monoisotopic (exact) mass is 267 g/mol. The summed E-state index contributed by atoms with van der Waals surface area (Å²) in [5.41, 5.74) is 1.63. The smallest absolute Gasteiger partial charge is 0.146 e. The van der Waals surface area contributed by atoms with Crippen molar-refractivity contribution < 1.29 is 4.39 Å². The Balaban J connectivity index is 2.25. The van der Waals surface area contributed by atoms with Crippen molar-refractivity contribution >= 4 is 11.6 Å². The summed E-state index contributed by atoms with van der Waals surface area (Å²) in [6.07, 6.45) is 4.38. The van der Waals surface area contributed by atoms with Gasteiger partial charge in [0.05, 0.1) is 11.2 Å². The molecule has 0 radical (unpaired) electrons. The van der Waals surface area contributed by atoms with Crippen molar-refractivity contribution in [2.24, 2.45) is 7.05 Å². The fraction of sp³-hybridized carbons (Fsp3) is 0.308. The molecule has 0 aliphatic carbocycles. The zero-order valence-corrected chi connectivity index (χ0v) is 11.1. The highest BCUT2D eigenvalue weighted by Gasteiger charge is 2.16. The maximum Gasteiger partial charge on any atom is 0.146 e. The summed E-state index contributed by atoms with van der Waals surface area (Å²) < 4.78 is 15.7. The summed E-state index contributed by atoms with van der Waals surface area (Å²) in [6, 6.07) is 4.94. The Morgan fingerprint density at radius 2 is 2.28 bits per heavy atom. The fourth-order valence-electron chi connectivity index (χ4n) is 1.97. The van der Waals surface area contributed by atoms with Crippen LogP contribution in [-0.2, 0) is 13.5 Å². The Labute approximate surface area is 111 Å². The van der Waals surface area contributed by atoms with E-state index in [1.807, 2.05) is 13.2 Å². The number of hydrogen-bond acceptors (Lipinski definition) is 2. The largest absolute Gasteiger partial charge is 0.313 e. The maximum absolute atomic E-state index is 14.0. The van der Waals surface area contributed by atoms with E-state index < -0.39 is 0 Å². The van der Waals surface area contributed by atoms with Crippen LogP contribution in [0.25, 0.3) is 0 Å². The van der Waals surface area contributed by atoms with Crippen LogP contribution < -0.4 is 5.32 Å². The van der Waals surface area contributed by atoms with E-state index in [1.54, 1.807) is 36.1 Å². The first-order chi connectivity index (χ1) is 8.61. The van der Waals surface area contributed by atoms with E-state index in [1.165, 1.54) is 0 Å². The number of nitrogens with zero attached hydrogens (tertiary/aromatic N) is 2. The molecule has 1 heterocycles. The highest BCUT2D eigenvalue weighted by Crippen LogP contribution is 2.25. The number of halogens is 2. The van der Waals surface area contributed by atoms with Crippen molar-refractivity contribution in [3.63, 3.8) is 0 Å². The Hall–Kier alpha value is -1.39. The SMILES string of the molecule is CNC(Cc1cnn(C)c1)c1cccc(Cl)c1F. The highest BCUT2D eigenvalue weighted by atomic mass is 35.5. The molecule has 2 rings (SSSR count). The molecule has 0 spiro atoms. The van der Waals surface area contributed by atoms with E-state index >= 15 is 0 Å². The lowest BCUT2D eigenvalue weighted by atomic mass is 10.0. The van der Waals surface area contributed by atoms with E-state index in [0.29, 0.717) is 12.0 Å². The molecule has 18 heavy (non-hydrogen) atoms. The van der Waals surface area contributed by atoms with Crippen LogP contribution in [0.3, 0.4) is 0 Å². The highest BCUT2D eigenvalue weighted by molar-refractivity contribution is 6.30. The minimum absolute atomic E-state index is 0.118. The lowest BCUT2D eigenvalue weighted by Crippen LogP contribution is -2.20. The van der Waals surface area contributed by atoms with Crippen LogP contribution in [0.4, 0.5) is 4.39 Å². The van der Waals surface area contributed by atoms with Gasteiger partial charge in [-0.3, -0.25) is 4.68 Å². The topological polar surface area (TPSA) is 29.9 Å². The van der Waals surface area contributed by atoms with Crippen LogP contribution >= 0.6 is 11.6 Å². The van der Waals surface area contributed by atoms with E-state index in [2.05, 4.69) is 10.4 Å². The molecule has 96 valence electrons. The van der Waals surface area contributed by atoms with Gasteiger partial charge in [-0.2, -0.15) is 5.10 Å². The number of benzene rings is 1. The van der Waals surface area contributed by atoms with Gasteiger partial charge in [0.2, 0.25) is 0 Å². The van der Waals surface area contributed by atoms with Gasteiger partial charge in [-0.25, -0.2) is 4.39 Å². The molecule has 0 fully saturated rings. The number of likely N-dealkylation sites (N-methyl/N-ethyl adjacent to an activating group) is 1. The van der Waals surface area contributed by atoms with Crippen LogP contribution in [0.15, 0.2) is 30.6 Å². The van der Waals surface area contributed by atoms with Crippen LogP contribution in [0.1, 0.15) is 17.2 Å². The van der Waals surface area contributed by atoms with Gasteiger partial charge in [0.25, 0.3) is 0 Å². The van der Waals surface area contributed by atoms with E-state index in [0.717, 1.165) is 5.56 Å². The summed E-state index contributed by atoms with van der Waals surface area (Å²) >= 11 is 5.80. The second-order valence-electron chi connectivity index (χ2n) is 4.21. The molecule has 5 heteroatoms. The summed E-state index contributed by atoms with van der Waals surface area (Å²) in [5, 5.41) is 7.37. The predicted octanol–water partition coefficient (Wildman–Crippen LogP) is 2.72. The van der Waals surface area contributed by atoms with E-state index in [4.69, 9.17) is 11.6 Å². The average molecular weight is 268 g/mol. The molecule has 1 atom stereocenters. The van der Waals surface area contributed by atoms with Gasteiger partial charge >= 0.3 is 0 Å². The molecule has 1 unspecified atom stereocenters. The van der Waals surface area contributed by atoms with Gasteiger partial charge in [-0.1, -0.05) is 23.7 Å². The Kier molecular flexibility index (Phi) is 3.99. The quantitative estimate of drug-likeness (QED) is 0.923. The molecule has 2 aromatic rings. The number of aryl methyl sites for hydroxylation is 1. The van der Waals surface area contributed by atoms with Gasteiger partial charge in [0, 0.05) is 24.8 Å². The van der Waals surface area contributed by atoms with Crippen molar-refractivity contribution in [3.8, 4) is 0 Å². The van der Waals surface area contributed by atoms with Gasteiger partial charge in [-0.05, 0) is 25.1 Å². The third-order valence-electron chi connectivity index (χ3n) is 2.90. The van der Waals surface area contributed by atoms with Gasteiger partial charge in [0.15, 0.2) is 0 Å². The number of nitrogens with one attached hydrogen (secondary N) is 1. The van der Waals surface area contributed by atoms with Crippen LogP contribution in [0.2, 0.25) is 5.02 Å². The van der Waals surface area contributed by atoms with E-state index in [-0.39, 0.29) is 16.9 Å². The molecule has 0 saturated heterocycles. The Morgan fingerprint density at radius 3 is 2.89 bits per heavy atom. The van der Waals surface area contributed by atoms with Gasteiger partial charge < -0.3 is 5.32 Å². The molecule has 1 aromatic carbocycles. The molecule has 0 aliphatic rings. The molecule has 1 aromatic heterocycles. The summed E-state index contributed by atoms with van der Waals surface area (Å²) in [7, 11) is 3.67. The lowest BCUT2D eigenvalue weighted by Gasteiger charge is -2.17. The summed E-state index contributed by atoms with van der Waals surface area (Å²) in [5.74, 6) is -0.359. The number of rotatable bonds is 4. The third kappa shape index (κ3) is 2.71. The Morgan fingerprint density at radius 1 is 1.50 bits per heavy atom. The van der Waals surface area contributed by atoms with Crippen LogP contribution in [-0.4, -0.2) is 16.8 Å². The minimum atomic E-state index is -0.359. The van der Waals surface area contributed by atoms with Crippen molar-refractivity contribution in [2.45, 2.75) is 12.5 Å². The first kappa shape index (κ1) is 13.1. The van der Waals surface area contributed by atoms with Crippen molar-refractivity contribution in [1.82, 2.24) is 15.1 Å². The number of hydrogen-bond donors (Lipinski definition) is 1. The second kappa shape index (κ2) is 5.50. The molecule has 0 saturated carbocycles. The van der Waals surface area contributed by atoms with Gasteiger partial charge in [0.1, 0.15) is 5.82 Å².